The third-order valence-corrected chi connectivity index (χ3v) is 3.56. The molecule has 0 bridgehead atoms. The van der Waals surface area contributed by atoms with Gasteiger partial charge in [-0.2, -0.15) is 0 Å². The van der Waals surface area contributed by atoms with Gasteiger partial charge in [-0.1, -0.05) is 29.3 Å². The van der Waals surface area contributed by atoms with E-state index < -0.39 is 0 Å². The molecule has 3 nitrogen and oxygen atoms in total. The van der Waals surface area contributed by atoms with Gasteiger partial charge in [-0.3, -0.25) is 11.3 Å². The first-order chi connectivity index (χ1) is 9.12. The zero-order valence-electron chi connectivity index (χ0n) is 11.5. The van der Waals surface area contributed by atoms with Gasteiger partial charge >= 0.3 is 0 Å². The maximum Gasteiger partial charge on any atom is 0.126 e. The van der Waals surface area contributed by atoms with Crippen LogP contribution >= 0.6 is 15.9 Å². The van der Waals surface area contributed by atoms with E-state index in [0.29, 0.717) is 18.6 Å². The third kappa shape index (κ3) is 5.18. The second-order valence-electron chi connectivity index (χ2n) is 4.50. The third-order valence-electron chi connectivity index (χ3n) is 3.06. The standard InChI is InChI=1S/C14H22BrFN2O/c1-3-5-14(19-4-2)13(18-17)9-10-8-11(15)6-7-12(10)16/h6-8,13-14,18H,3-5,9,17H2,1-2H3. The first kappa shape index (κ1) is 16.6. The Bertz CT molecular complexity index is 384. The van der Waals surface area contributed by atoms with Crippen molar-refractivity contribution < 1.29 is 9.13 Å². The van der Waals surface area contributed by atoms with Crippen LogP contribution in [0.3, 0.4) is 0 Å². The number of ether oxygens (including phenoxy) is 1. The molecule has 1 aromatic carbocycles. The van der Waals surface area contributed by atoms with Crippen LogP contribution in [-0.4, -0.2) is 18.8 Å². The van der Waals surface area contributed by atoms with E-state index in [9.17, 15) is 4.39 Å². The number of halogens is 2. The van der Waals surface area contributed by atoms with E-state index in [1.807, 2.05) is 6.92 Å². The van der Waals surface area contributed by atoms with Crippen LogP contribution in [0.4, 0.5) is 4.39 Å². The Morgan fingerprint density at radius 1 is 1.42 bits per heavy atom. The first-order valence-corrected chi connectivity index (χ1v) is 7.43. The van der Waals surface area contributed by atoms with E-state index in [2.05, 4.69) is 28.3 Å². The van der Waals surface area contributed by atoms with Crippen LogP contribution in [0.2, 0.25) is 0 Å². The molecule has 108 valence electrons. The molecule has 0 aliphatic rings. The lowest BCUT2D eigenvalue weighted by Gasteiger charge is -2.26. The Balaban J connectivity index is 2.81. The van der Waals surface area contributed by atoms with Crippen molar-refractivity contribution in [2.75, 3.05) is 6.61 Å². The van der Waals surface area contributed by atoms with Gasteiger partial charge in [-0.25, -0.2) is 4.39 Å². The van der Waals surface area contributed by atoms with Crippen LogP contribution in [0, 0.1) is 5.82 Å². The van der Waals surface area contributed by atoms with Crippen molar-refractivity contribution in [2.45, 2.75) is 45.3 Å². The summed E-state index contributed by atoms with van der Waals surface area (Å²) in [4.78, 5) is 0. The molecular weight excluding hydrogens is 311 g/mol. The fraction of sp³-hybridized carbons (Fsp3) is 0.571. The molecule has 0 saturated heterocycles. The van der Waals surface area contributed by atoms with Crippen LogP contribution in [0.5, 0.6) is 0 Å². The van der Waals surface area contributed by atoms with E-state index in [4.69, 9.17) is 10.6 Å². The van der Waals surface area contributed by atoms with Gasteiger partial charge < -0.3 is 4.74 Å². The van der Waals surface area contributed by atoms with Gasteiger partial charge in [0.2, 0.25) is 0 Å². The second-order valence-corrected chi connectivity index (χ2v) is 5.41. The summed E-state index contributed by atoms with van der Waals surface area (Å²) in [6.45, 7) is 4.68. The van der Waals surface area contributed by atoms with Gasteiger partial charge in [-0.05, 0) is 43.5 Å². The lowest BCUT2D eigenvalue weighted by molar-refractivity contribution is 0.0280. The Labute approximate surface area is 122 Å². The normalized spacial score (nSPS) is 14.4. The molecule has 0 amide bonds. The summed E-state index contributed by atoms with van der Waals surface area (Å²) in [5, 5.41) is 0. The van der Waals surface area contributed by atoms with Gasteiger partial charge in [0.05, 0.1) is 12.1 Å². The zero-order chi connectivity index (χ0) is 14.3. The molecule has 1 rings (SSSR count). The van der Waals surface area contributed by atoms with E-state index in [1.54, 1.807) is 12.1 Å². The molecular formula is C14H22BrFN2O. The first-order valence-electron chi connectivity index (χ1n) is 6.64. The minimum absolute atomic E-state index is 0.00150. The number of benzene rings is 1. The lowest BCUT2D eigenvalue weighted by atomic mass is 9.98. The van der Waals surface area contributed by atoms with Crippen LogP contribution in [0.25, 0.3) is 0 Å². The average molecular weight is 333 g/mol. The molecule has 1 aromatic rings. The minimum Gasteiger partial charge on any atom is -0.377 e. The molecule has 2 atom stereocenters. The molecule has 0 heterocycles. The Morgan fingerprint density at radius 3 is 2.74 bits per heavy atom. The Hall–Kier alpha value is -0.490. The highest BCUT2D eigenvalue weighted by molar-refractivity contribution is 9.10. The molecule has 0 fully saturated rings. The summed E-state index contributed by atoms with van der Waals surface area (Å²) < 4.78 is 20.3. The predicted molar refractivity (Wildman–Crippen MR) is 79.2 cm³/mol. The molecule has 19 heavy (non-hydrogen) atoms. The smallest absolute Gasteiger partial charge is 0.126 e. The molecule has 0 aromatic heterocycles. The van der Waals surface area contributed by atoms with Crippen LogP contribution in [-0.2, 0) is 11.2 Å². The topological polar surface area (TPSA) is 47.3 Å². The van der Waals surface area contributed by atoms with E-state index in [0.717, 1.165) is 17.3 Å². The Kier molecular flexibility index (Phi) is 7.53. The summed E-state index contributed by atoms with van der Waals surface area (Å²) in [6, 6.07) is 4.84. The van der Waals surface area contributed by atoms with E-state index in [-0.39, 0.29) is 18.0 Å². The summed E-state index contributed by atoms with van der Waals surface area (Å²) in [6.07, 6.45) is 2.41. The monoisotopic (exact) mass is 332 g/mol. The van der Waals surface area contributed by atoms with Crippen molar-refractivity contribution in [1.29, 1.82) is 0 Å². The highest BCUT2D eigenvalue weighted by Crippen LogP contribution is 2.19. The van der Waals surface area contributed by atoms with Crippen molar-refractivity contribution in [3.8, 4) is 0 Å². The van der Waals surface area contributed by atoms with Gasteiger partial charge in [0.1, 0.15) is 5.82 Å². The molecule has 2 unspecified atom stereocenters. The number of hydrazine groups is 1. The fourth-order valence-corrected chi connectivity index (χ4v) is 2.54. The number of hydrogen-bond acceptors (Lipinski definition) is 3. The van der Waals surface area contributed by atoms with Crippen LogP contribution < -0.4 is 11.3 Å². The average Bonchev–Trinajstić information content (AvgIpc) is 2.39. The minimum atomic E-state index is -0.213. The van der Waals surface area contributed by atoms with Crippen molar-refractivity contribution >= 4 is 15.9 Å². The second kappa shape index (κ2) is 8.64. The molecule has 0 saturated carbocycles. The van der Waals surface area contributed by atoms with Gasteiger partial charge in [0.15, 0.2) is 0 Å². The fourth-order valence-electron chi connectivity index (χ4n) is 2.13. The molecule has 0 radical (unpaired) electrons. The molecule has 3 N–H and O–H groups in total. The summed E-state index contributed by atoms with van der Waals surface area (Å²) in [7, 11) is 0. The van der Waals surface area contributed by atoms with Crippen molar-refractivity contribution in [2.24, 2.45) is 5.84 Å². The maximum atomic E-state index is 13.8. The highest BCUT2D eigenvalue weighted by atomic mass is 79.9. The van der Waals surface area contributed by atoms with E-state index in [1.165, 1.54) is 6.07 Å². The largest absolute Gasteiger partial charge is 0.377 e. The molecule has 0 spiro atoms. The summed E-state index contributed by atoms with van der Waals surface area (Å²) >= 11 is 3.36. The number of nitrogens with two attached hydrogens (primary N) is 1. The molecule has 0 aliphatic heterocycles. The molecule has 5 heteroatoms. The van der Waals surface area contributed by atoms with E-state index >= 15 is 0 Å². The van der Waals surface area contributed by atoms with Gasteiger partial charge in [0.25, 0.3) is 0 Å². The number of nitrogens with one attached hydrogen (secondary N) is 1. The van der Waals surface area contributed by atoms with Crippen LogP contribution in [0.15, 0.2) is 22.7 Å². The quantitative estimate of drug-likeness (QED) is 0.567. The summed E-state index contributed by atoms with van der Waals surface area (Å²) in [5.74, 6) is 5.39. The number of hydrogen-bond donors (Lipinski definition) is 2. The summed E-state index contributed by atoms with van der Waals surface area (Å²) in [5.41, 5.74) is 3.40. The van der Waals surface area contributed by atoms with Crippen molar-refractivity contribution in [3.05, 3.63) is 34.1 Å². The molecule has 0 aliphatic carbocycles. The number of rotatable bonds is 8. The SMILES string of the molecule is CCCC(OCC)C(Cc1cc(Br)ccc1F)NN. The van der Waals surface area contributed by atoms with Crippen molar-refractivity contribution in [3.63, 3.8) is 0 Å². The Morgan fingerprint density at radius 2 is 2.16 bits per heavy atom. The van der Waals surface area contributed by atoms with Gasteiger partial charge in [-0.15, -0.1) is 0 Å². The zero-order valence-corrected chi connectivity index (χ0v) is 13.0. The van der Waals surface area contributed by atoms with Crippen LogP contribution in [0.1, 0.15) is 32.3 Å². The van der Waals surface area contributed by atoms with Gasteiger partial charge in [0, 0.05) is 11.1 Å². The highest BCUT2D eigenvalue weighted by Gasteiger charge is 2.21. The predicted octanol–water partition coefficient (Wildman–Crippen LogP) is 3.17. The lowest BCUT2D eigenvalue weighted by Crippen LogP contribution is -2.46. The maximum absolute atomic E-state index is 13.8. The van der Waals surface area contributed by atoms with Crippen molar-refractivity contribution in [1.82, 2.24) is 5.43 Å².